The van der Waals surface area contributed by atoms with Crippen LogP contribution in [-0.2, 0) is 4.79 Å². The summed E-state index contributed by atoms with van der Waals surface area (Å²) >= 11 is 0. The van der Waals surface area contributed by atoms with E-state index in [0.717, 1.165) is 29.8 Å². The molecule has 0 bridgehead atoms. The number of rotatable bonds is 6. The first-order valence-electron chi connectivity index (χ1n) is 10.1. The molecule has 0 aliphatic carbocycles. The molecule has 0 fully saturated rings. The second kappa shape index (κ2) is 9.41. The number of aryl methyl sites for hydroxylation is 1. The Bertz CT molecular complexity index is 945. The van der Waals surface area contributed by atoms with Crippen LogP contribution in [0.3, 0.4) is 0 Å². The third kappa shape index (κ3) is 5.05. The van der Waals surface area contributed by atoms with Gasteiger partial charge in [0.25, 0.3) is 0 Å². The molecular formula is C24H27N3O2. The molecule has 1 aliphatic rings. The van der Waals surface area contributed by atoms with Crippen molar-refractivity contribution in [3.63, 3.8) is 0 Å². The van der Waals surface area contributed by atoms with Crippen molar-refractivity contribution >= 4 is 23.5 Å². The highest BCUT2D eigenvalue weighted by Gasteiger charge is 2.21. The fraction of sp³-hybridized carbons (Fsp3) is 0.333. The van der Waals surface area contributed by atoms with Gasteiger partial charge in [-0.25, -0.2) is 0 Å². The Morgan fingerprint density at radius 3 is 2.62 bits per heavy atom. The zero-order valence-corrected chi connectivity index (χ0v) is 17.2. The summed E-state index contributed by atoms with van der Waals surface area (Å²) in [6.07, 6.45) is 4.08. The predicted molar refractivity (Wildman–Crippen MR) is 118 cm³/mol. The van der Waals surface area contributed by atoms with Crippen molar-refractivity contribution in [2.24, 2.45) is 16.1 Å². The number of hydrogen-bond acceptors (Lipinski definition) is 4. The minimum absolute atomic E-state index is 0.0108. The maximum atomic E-state index is 12.9. The molecule has 1 N–H and O–H groups in total. The van der Waals surface area contributed by atoms with E-state index in [1.807, 2.05) is 30.5 Å². The van der Waals surface area contributed by atoms with Crippen molar-refractivity contribution < 1.29 is 4.79 Å². The van der Waals surface area contributed by atoms with E-state index in [1.54, 1.807) is 12.1 Å². The van der Waals surface area contributed by atoms with Gasteiger partial charge in [-0.05, 0) is 60.0 Å². The highest BCUT2D eigenvalue weighted by molar-refractivity contribution is 5.84. The number of carbonyl (C=O) groups excluding carboxylic acids is 1. The Hall–Kier alpha value is -3.08. The van der Waals surface area contributed by atoms with Crippen molar-refractivity contribution in [1.29, 1.82) is 0 Å². The molecule has 5 nitrogen and oxygen atoms in total. The summed E-state index contributed by atoms with van der Waals surface area (Å²) in [6.45, 7) is 6.26. The van der Waals surface area contributed by atoms with E-state index in [0.29, 0.717) is 12.1 Å². The predicted octanol–water partition coefficient (Wildman–Crippen LogP) is 5.87. The van der Waals surface area contributed by atoms with Crippen LogP contribution >= 0.6 is 0 Å². The Kier molecular flexibility index (Phi) is 6.70. The third-order valence-corrected chi connectivity index (χ3v) is 5.43. The Morgan fingerprint density at radius 1 is 1.21 bits per heavy atom. The highest BCUT2D eigenvalue weighted by atomic mass is 16.3. The summed E-state index contributed by atoms with van der Waals surface area (Å²) in [4.78, 5) is 28.2. The fourth-order valence-electron chi connectivity index (χ4n) is 3.75. The maximum absolute atomic E-state index is 12.9. The van der Waals surface area contributed by atoms with Gasteiger partial charge >= 0.3 is 0 Å². The number of carbonyl (C=O) groups is 1. The van der Waals surface area contributed by atoms with Gasteiger partial charge in [0, 0.05) is 23.9 Å². The van der Waals surface area contributed by atoms with Crippen LogP contribution in [0, 0.1) is 17.7 Å². The van der Waals surface area contributed by atoms with E-state index in [1.165, 1.54) is 11.1 Å². The first-order chi connectivity index (χ1) is 14.0. The van der Waals surface area contributed by atoms with Gasteiger partial charge in [-0.2, -0.15) is 0 Å². The average Bonchev–Trinajstić information content (AvgIpc) is 2.90. The molecule has 3 rings (SSSR count). The number of benzene rings is 2. The third-order valence-electron chi connectivity index (χ3n) is 5.43. The molecule has 0 radical (unpaired) electrons. The van der Waals surface area contributed by atoms with Crippen LogP contribution in [0.25, 0.3) is 5.70 Å². The van der Waals surface area contributed by atoms with Gasteiger partial charge < -0.3 is 5.32 Å². The largest absolute Gasteiger partial charge is 0.327 e. The van der Waals surface area contributed by atoms with Gasteiger partial charge in [0.1, 0.15) is 5.69 Å². The Balaban J connectivity index is 1.84. The second-order valence-corrected chi connectivity index (χ2v) is 7.70. The van der Waals surface area contributed by atoms with Crippen LogP contribution in [-0.4, -0.2) is 12.1 Å². The molecule has 150 valence electrons. The quantitative estimate of drug-likeness (QED) is 0.627. The molecule has 1 unspecified atom stereocenters. The molecule has 29 heavy (non-hydrogen) atoms. The molecule has 0 aromatic heterocycles. The summed E-state index contributed by atoms with van der Waals surface area (Å²) in [5.74, 6) is 0.292. The van der Waals surface area contributed by atoms with Crippen LogP contribution in [0.5, 0.6) is 0 Å². The molecule has 2 aromatic carbocycles. The molecular weight excluding hydrogens is 362 g/mol. The summed E-state index contributed by atoms with van der Waals surface area (Å²) in [6, 6.07) is 15.2. The molecule has 1 heterocycles. The van der Waals surface area contributed by atoms with Crippen LogP contribution in [0.2, 0.25) is 0 Å². The molecule has 0 spiro atoms. The lowest BCUT2D eigenvalue weighted by Gasteiger charge is -2.20. The SMILES string of the molecule is Cc1ccccc1[C@@H](C)CC(=O)NC1=C(c2ccc(N=O)cc2)N=CCCC1C. The maximum Gasteiger partial charge on any atom is 0.224 e. The minimum Gasteiger partial charge on any atom is -0.327 e. The number of hydrogen-bond donors (Lipinski definition) is 1. The molecule has 5 heteroatoms. The fourth-order valence-corrected chi connectivity index (χ4v) is 3.75. The molecule has 0 saturated carbocycles. The summed E-state index contributed by atoms with van der Waals surface area (Å²) in [7, 11) is 0. The van der Waals surface area contributed by atoms with E-state index in [4.69, 9.17) is 0 Å². The summed E-state index contributed by atoms with van der Waals surface area (Å²) < 4.78 is 0. The number of nitroso groups, excluding NO2 is 1. The molecule has 0 saturated heterocycles. The normalized spacial score (nSPS) is 17.6. The number of nitrogens with zero attached hydrogens (tertiary/aromatic N) is 2. The molecule has 1 amide bonds. The van der Waals surface area contributed by atoms with Crippen LogP contribution in [0.1, 0.15) is 55.7 Å². The lowest BCUT2D eigenvalue weighted by Crippen LogP contribution is -2.28. The monoisotopic (exact) mass is 389 g/mol. The first-order valence-corrected chi connectivity index (χ1v) is 10.1. The number of nitrogens with one attached hydrogen (secondary N) is 1. The van der Waals surface area contributed by atoms with Crippen molar-refractivity contribution in [3.8, 4) is 0 Å². The Labute approximate surface area is 171 Å². The molecule has 2 atom stereocenters. The minimum atomic E-state index is -0.0108. The van der Waals surface area contributed by atoms with Gasteiger partial charge in [0.05, 0.1) is 5.70 Å². The smallest absolute Gasteiger partial charge is 0.224 e. The van der Waals surface area contributed by atoms with E-state index < -0.39 is 0 Å². The van der Waals surface area contributed by atoms with Crippen molar-refractivity contribution in [1.82, 2.24) is 5.32 Å². The number of allylic oxidation sites excluding steroid dienone is 1. The van der Waals surface area contributed by atoms with Gasteiger partial charge in [-0.15, -0.1) is 4.91 Å². The number of amides is 1. The zero-order valence-electron chi connectivity index (χ0n) is 17.2. The van der Waals surface area contributed by atoms with E-state index in [2.05, 4.69) is 48.4 Å². The second-order valence-electron chi connectivity index (χ2n) is 7.70. The van der Waals surface area contributed by atoms with Gasteiger partial charge in [-0.3, -0.25) is 9.79 Å². The van der Waals surface area contributed by atoms with Crippen molar-refractivity contribution in [2.75, 3.05) is 0 Å². The topological polar surface area (TPSA) is 70.9 Å². The lowest BCUT2D eigenvalue weighted by molar-refractivity contribution is -0.120. The highest BCUT2D eigenvalue weighted by Crippen LogP contribution is 2.30. The lowest BCUT2D eigenvalue weighted by atomic mass is 9.93. The number of aliphatic imine (C=N–C) groups is 1. The van der Waals surface area contributed by atoms with Crippen LogP contribution in [0.15, 0.2) is 64.4 Å². The Morgan fingerprint density at radius 2 is 1.93 bits per heavy atom. The van der Waals surface area contributed by atoms with Crippen molar-refractivity contribution in [2.45, 2.75) is 46.0 Å². The molecule has 1 aliphatic heterocycles. The van der Waals surface area contributed by atoms with Crippen LogP contribution in [0.4, 0.5) is 5.69 Å². The molecule has 2 aromatic rings. The van der Waals surface area contributed by atoms with E-state index >= 15 is 0 Å². The first kappa shape index (κ1) is 20.6. The zero-order chi connectivity index (χ0) is 20.8. The summed E-state index contributed by atoms with van der Waals surface area (Å²) in [5, 5.41) is 6.10. The van der Waals surface area contributed by atoms with Gasteiger partial charge in [0.15, 0.2) is 0 Å². The van der Waals surface area contributed by atoms with E-state index in [-0.39, 0.29) is 17.7 Å². The average molecular weight is 389 g/mol. The van der Waals surface area contributed by atoms with Crippen LogP contribution < -0.4 is 5.32 Å². The van der Waals surface area contributed by atoms with Gasteiger partial charge in [0.2, 0.25) is 5.91 Å². The van der Waals surface area contributed by atoms with Gasteiger partial charge in [-0.1, -0.05) is 50.2 Å². The van der Waals surface area contributed by atoms with E-state index in [9.17, 15) is 9.70 Å². The van der Waals surface area contributed by atoms with Crippen molar-refractivity contribution in [3.05, 3.63) is 75.8 Å². The standard InChI is InChI=1S/C24H27N3O2/c1-16-7-4-5-9-21(16)18(3)15-22(28)26-23-17(2)8-6-14-25-24(23)19-10-12-20(27-29)13-11-19/h4-5,7,9-14,17-18H,6,8,15H2,1-3H3,(H,26,28)/t17?,18-/m0/s1. The summed E-state index contributed by atoms with van der Waals surface area (Å²) in [5.41, 5.74) is 5.23.